The Labute approximate surface area is 90.6 Å². The third-order valence-electron chi connectivity index (χ3n) is 2.65. The zero-order valence-corrected chi connectivity index (χ0v) is 8.89. The lowest BCUT2D eigenvalue weighted by Crippen LogP contribution is -2.36. The normalized spacial score (nSPS) is 22.0. The molecule has 2 rings (SSSR count). The molecule has 0 radical (unpaired) electrons. The first kappa shape index (κ1) is 10.3. The van der Waals surface area contributed by atoms with Gasteiger partial charge in [0.15, 0.2) is 0 Å². The second-order valence-corrected chi connectivity index (χ2v) is 3.90. The maximum Gasteiger partial charge on any atom is 0.0807 e. The second kappa shape index (κ2) is 5.61. The van der Waals surface area contributed by atoms with Gasteiger partial charge in [-0.2, -0.15) is 0 Å². The standard InChI is InChI=1S/C12H17N3/c1-3-7-14-11(5-1)9-13-10-12-6-2-4-8-15-12/h1,3,5,7,9,12,15H,2,4,6,8,10H2. The number of nitrogens with one attached hydrogen (secondary N) is 1. The molecule has 1 fully saturated rings. The van der Waals surface area contributed by atoms with E-state index in [4.69, 9.17) is 0 Å². The van der Waals surface area contributed by atoms with E-state index < -0.39 is 0 Å². The molecule has 0 amide bonds. The summed E-state index contributed by atoms with van der Waals surface area (Å²) in [5.74, 6) is 0. The first-order valence-electron chi connectivity index (χ1n) is 5.59. The summed E-state index contributed by atoms with van der Waals surface area (Å²) in [6.07, 6.45) is 7.54. The highest BCUT2D eigenvalue weighted by Gasteiger charge is 2.10. The van der Waals surface area contributed by atoms with Crippen LogP contribution in [0.4, 0.5) is 0 Å². The van der Waals surface area contributed by atoms with Gasteiger partial charge in [0.05, 0.1) is 12.2 Å². The first-order chi connectivity index (χ1) is 7.45. The van der Waals surface area contributed by atoms with Crippen molar-refractivity contribution < 1.29 is 0 Å². The average molecular weight is 203 g/mol. The molecule has 1 unspecified atom stereocenters. The van der Waals surface area contributed by atoms with E-state index in [1.807, 2.05) is 24.4 Å². The van der Waals surface area contributed by atoms with E-state index in [-0.39, 0.29) is 0 Å². The summed E-state index contributed by atoms with van der Waals surface area (Å²) in [5, 5.41) is 3.47. The Balaban J connectivity index is 1.79. The SMILES string of the molecule is C(=NCC1CCCCN1)c1ccccn1. The number of hydrogen-bond acceptors (Lipinski definition) is 3. The minimum absolute atomic E-state index is 0.568. The molecule has 0 aromatic carbocycles. The van der Waals surface area contributed by atoms with Gasteiger partial charge in [-0.3, -0.25) is 9.98 Å². The number of pyridine rings is 1. The molecule has 0 aliphatic carbocycles. The van der Waals surface area contributed by atoms with Gasteiger partial charge < -0.3 is 5.32 Å². The van der Waals surface area contributed by atoms with Crippen molar-refractivity contribution in [3.8, 4) is 0 Å². The summed E-state index contributed by atoms with van der Waals surface area (Å²) in [7, 11) is 0. The van der Waals surface area contributed by atoms with Gasteiger partial charge in [0.2, 0.25) is 0 Å². The highest BCUT2D eigenvalue weighted by atomic mass is 15.0. The van der Waals surface area contributed by atoms with Crippen molar-refractivity contribution in [2.24, 2.45) is 4.99 Å². The van der Waals surface area contributed by atoms with Gasteiger partial charge in [-0.15, -0.1) is 0 Å². The molecule has 1 aromatic rings. The molecular formula is C12H17N3. The quantitative estimate of drug-likeness (QED) is 0.758. The van der Waals surface area contributed by atoms with E-state index >= 15 is 0 Å². The number of aliphatic imine (C=N–C) groups is 1. The molecule has 1 aliphatic rings. The lowest BCUT2D eigenvalue weighted by atomic mass is 10.1. The van der Waals surface area contributed by atoms with E-state index in [2.05, 4.69) is 15.3 Å². The molecule has 1 aliphatic heterocycles. The van der Waals surface area contributed by atoms with E-state index in [1.54, 1.807) is 6.20 Å². The van der Waals surface area contributed by atoms with Crippen molar-refractivity contribution in [3.05, 3.63) is 30.1 Å². The van der Waals surface area contributed by atoms with Crippen LogP contribution in [0.1, 0.15) is 25.0 Å². The number of piperidine rings is 1. The van der Waals surface area contributed by atoms with Crippen LogP contribution in [0.5, 0.6) is 0 Å². The third kappa shape index (κ3) is 3.44. The lowest BCUT2D eigenvalue weighted by Gasteiger charge is -2.21. The molecule has 1 atom stereocenters. The van der Waals surface area contributed by atoms with Crippen molar-refractivity contribution >= 4 is 6.21 Å². The Morgan fingerprint density at radius 3 is 3.20 bits per heavy atom. The number of hydrogen-bond donors (Lipinski definition) is 1. The van der Waals surface area contributed by atoms with Crippen molar-refractivity contribution in [2.45, 2.75) is 25.3 Å². The number of nitrogens with zero attached hydrogens (tertiary/aromatic N) is 2. The summed E-state index contributed by atoms with van der Waals surface area (Å²) >= 11 is 0. The van der Waals surface area contributed by atoms with Gasteiger partial charge in [0, 0.05) is 18.5 Å². The Morgan fingerprint density at radius 1 is 1.47 bits per heavy atom. The fraction of sp³-hybridized carbons (Fsp3) is 0.500. The Kier molecular flexibility index (Phi) is 3.85. The Hall–Kier alpha value is -1.22. The molecule has 1 aromatic heterocycles. The molecule has 0 saturated carbocycles. The maximum atomic E-state index is 4.42. The van der Waals surface area contributed by atoms with Crippen LogP contribution in [0.2, 0.25) is 0 Å². The van der Waals surface area contributed by atoms with Crippen LogP contribution >= 0.6 is 0 Å². The Bertz CT molecular complexity index is 302. The summed E-state index contributed by atoms with van der Waals surface area (Å²) in [5.41, 5.74) is 0.938. The van der Waals surface area contributed by atoms with Crippen molar-refractivity contribution in [3.63, 3.8) is 0 Å². The van der Waals surface area contributed by atoms with Crippen LogP contribution in [0, 0.1) is 0 Å². The summed E-state index contributed by atoms with van der Waals surface area (Å²) < 4.78 is 0. The van der Waals surface area contributed by atoms with E-state index in [0.29, 0.717) is 6.04 Å². The fourth-order valence-electron chi connectivity index (χ4n) is 1.81. The zero-order chi connectivity index (χ0) is 10.3. The fourth-order valence-corrected chi connectivity index (χ4v) is 1.81. The minimum atomic E-state index is 0.568. The van der Waals surface area contributed by atoms with Crippen LogP contribution in [0.25, 0.3) is 0 Å². The van der Waals surface area contributed by atoms with Crippen molar-refractivity contribution in [2.75, 3.05) is 13.1 Å². The van der Waals surface area contributed by atoms with E-state index in [0.717, 1.165) is 18.8 Å². The topological polar surface area (TPSA) is 37.3 Å². The molecule has 0 bridgehead atoms. The lowest BCUT2D eigenvalue weighted by molar-refractivity contribution is 0.408. The van der Waals surface area contributed by atoms with E-state index in [9.17, 15) is 0 Å². The predicted octanol–water partition coefficient (Wildman–Crippen LogP) is 1.64. The smallest absolute Gasteiger partial charge is 0.0807 e. The summed E-state index contributed by atoms with van der Waals surface area (Å²) in [4.78, 5) is 8.61. The monoisotopic (exact) mass is 203 g/mol. The minimum Gasteiger partial charge on any atom is -0.312 e. The summed E-state index contributed by atoms with van der Waals surface area (Å²) in [6.45, 7) is 2.01. The van der Waals surface area contributed by atoms with Crippen LogP contribution in [-0.2, 0) is 0 Å². The van der Waals surface area contributed by atoms with Gasteiger partial charge in [0.1, 0.15) is 0 Å². The van der Waals surface area contributed by atoms with Gasteiger partial charge in [-0.25, -0.2) is 0 Å². The first-order valence-corrected chi connectivity index (χ1v) is 5.59. The van der Waals surface area contributed by atoms with Crippen LogP contribution in [-0.4, -0.2) is 30.3 Å². The largest absolute Gasteiger partial charge is 0.312 e. The molecule has 2 heterocycles. The second-order valence-electron chi connectivity index (χ2n) is 3.90. The predicted molar refractivity (Wildman–Crippen MR) is 62.3 cm³/mol. The van der Waals surface area contributed by atoms with Gasteiger partial charge in [0.25, 0.3) is 0 Å². The third-order valence-corrected chi connectivity index (χ3v) is 2.65. The van der Waals surface area contributed by atoms with Gasteiger partial charge in [-0.05, 0) is 31.5 Å². The highest BCUT2D eigenvalue weighted by Crippen LogP contribution is 2.06. The number of aromatic nitrogens is 1. The highest BCUT2D eigenvalue weighted by molar-refractivity contribution is 5.76. The molecule has 0 spiro atoms. The molecule has 1 N–H and O–H groups in total. The van der Waals surface area contributed by atoms with Gasteiger partial charge >= 0.3 is 0 Å². The number of rotatable bonds is 3. The van der Waals surface area contributed by atoms with Crippen molar-refractivity contribution in [1.82, 2.24) is 10.3 Å². The zero-order valence-electron chi connectivity index (χ0n) is 8.89. The molecule has 3 nitrogen and oxygen atoms in total. The molecule has 1 saturated heterocycles. The van der Waals surface area contributed by atoms with Gasteiger partial charge in [-0.1, -0.05) is 12.5 Å². The van der Waals surface area contributed by atoms with Crippen molar-refractivity contribution in [1.29, 1.82) is 0 Å². The maximum absolute atomic E-state index is 4.42. The molecular weight excluding hydrogens is 186 g/mol. The molecule has 3 heteroatoms. The van der Waals surface area contributed by atoms with Crippen LogP contribution in [0.3, 0.4) is 0 Å². The average Bonchev–Trinajstić information content (AvgIpc) is 2.32. The molecule has 15 heavy (non-hydrogen) atoms. The van der Waals surface area contributed by atoms with Crippen LogP contribution < -0.4 is 5.32 Å². The van der Waals surface area contributed by atoms with E-state index in [1.165, 1.54) is 19.3 Å². The van der Waals surface area contributed by atoms with Crippen LogP contribution in [0.15, 0.2) is 29.4 Å². The Morgan fingerprint density at radius 2 is 2.47 bits per heavy atom. The molecule has 80 valence electrons. The summed E-state index contributed by atoms with van der Waals surface area (Å²) in [6, 6.07) is 6.43.